The first kappa shape index (κ1) is 19.9. The van der Waals surface area contributed by atoms with E-state index in [0.29, 0.717) is 23.8 Å². The van der Waals surface area contributed by atoms with Crippen molar-refractivity contribution in [2.75, 3.05) is 16.4 Å². The molecule has 3 aromatic rings. The first-order valence-corrected chi connectivity index (χ1v) is 9.62. The Balaban J connectivity index is 1.96. The molecule has 0 saturated heterocycles. The number of aliphatic hydroxyl groups is 1. The Morgan fingerprint density at radius 1 is 1.21 bits per heavy atom. The highest BCUT2D eigenvalue weighted by Gasteiger charge is 2.26. The molecular formula is C20H29N7O. The molecule has 28 heavy (non-hydrogen) atoms. The monoisotopic (exact) mass is 383 g/mol. The minimum Gasteiger partial charge on any atom is -0.398 e. The number of aryl methyl sites for hydroxylation is 1. The summed E-state index contributed by atoms with van der Waals surface area (Å²) < 4.78 is 1.97. The van der Waals surface area contributed by atoms with Crippen LogP contribution in [0.4, 0.5) is 17.5 Å². The van der Waals surface area contributed by atoms with Gasteiger partial charge in [0, 0.05) is 18.8 Å². The number of nitrogen functional groups attached to an aromatic ring is 1. The van der Waals surface area contributed by atoms with E-state index in [1.807, 2.05) is 42.7 Å². The van der Waals surface area contributed by atoms with Crippen LogP contribution >= 0.6 is 0 Å². The van der Waals surface area contributed by atoms with Gasteiger partial charge in [-0.05, 0) is 38.8 Å². The van der Waals surface area contributed by atoms with Crippen LogP contribution in [-0.2, 0) is 13.1 Å². The Morgan fingerprint density at radius 2 is 1.96 bits per heavy atom. The zero-order chi connectivity index (χ0) is 20.3. The number of benzene rings is 1. The van der Waals surface area contributed by atoms with Gasteiger partial charge in [-0.3, -0.25) is 0 Å². The lowest BCUT2D eigenvalue weighted by molar-refractivity contribution is 0.0577. The van der Waals surface area contributed by atoms with E-state index in [-0.39, 0.29) is 6.04 Å². The van der Waals surface area contributed by atoms with Gasteiger partial charge in [-0.15, -0.1) is 0 Å². The number of para-hydroxylation sites is 1. The number of imidazole rings is 1. The van der Waals surface area contributed by atoms with Gasteiger partial charge in [-0.1, -0.05) is 25.1 Å². The van der Waals surface area contributed by atoms with Crippen molar-refractivity contribution in [2.45, 2.75) is 58.8 Å². The second kappa shape index (κ2) is 8.02. The second-order valence-electron chi connectivity index (χ2n) is 7.41. The maximum Gasteiger partial charge on any atom is 0.227 e. The molecule has 0 aliphatic carbocycles. The first-order valence-electron chi connectivity index (χ1n) is 9.62. The maximum absolute atomic E-state index is 10.4. The minimum atomic E-state index is -0.899. The van der Waals surface area contributed by atoms with Crippen LogP contribution in [0.3, 0.4) is 0 Å². The van der Waals surface area contributed by atoms with Crippen LogP contribution in [-0.4, -0.2) is 36.3 Å². The number of anilines is 3. The quantitative estimate of drug-likeness (QED) is 0.442. The number of hydrogen-bond donors (Lipinski definition) is 4. The zero-order valence-electron chi connectivity index (χ0n) is 16.9. The van der Waals surface area contributed by atoms with Gasteiger partial charge in [-0.25, -0.2) is 4.98 Å². The van der Waals surface area contributed by atoms with Crippen LogP contribution in [0, 0.1) is 0 Å². The molecule has 0 aliphatic rings. The van der Waals surface area contributed by atoms with Crippen LogP contribution in [0.5, 0.6) is 0 Å². The van der Waals surface area contributed by atoms with Gasteiger partial charge >= 0.3 is 0 Å². The molecule has 1 unspecified atom stereocenters. The van der Waals surface area contributed by atoms with Crippen LogP contribution in [0.25, 0.3) is 11.2 Å². The summed E-state index contributed by atoms with van der Waals surface area (Å²) in [5.74, 6) is 1.09. The molecule has 1 aromatic carbocycles. The van der Waals surface area contributed by atoms with Crippen LogP contribution < -0.4 is 16.4 Å². The Labute approximate surface area is 165 Å². The largest absolute Gasteiger partial charge is 0.398 e. The second-order valence-corrected chi connectivity index (χ2v) is 7.41. The molecular weight excluding hydrogens is 354 g/mol. The van der Waals surface area contributed by atoms with E-state index >= 15 is 0 Å². The molecule has 8 nitrogen and oxygen atoms in total. The van der Waals surface area contributed by atoms with Crippen molar-refractivity contribution in [2.24, 2.45) is 0 Å². The van der Waals surface area contributed by atoms with Crippen molar-refractivity contribution in [3.8, 4) is 0 Å². The fourth-order valence-corrected chi connectivity index (χ4v) is 3.17. The Bertz CT molecular complexity index is 945. The summed E-state index contributed by atoms with van der Waals surface area (Å²) in [6.45, 7) is 8.89. The lowest BCUT2D eigenvalue weighted by Gasteiger charge is -2.29. The maximum atomic E-state index is 10.4. The van der Waals surface area contributed by atoms with Gasteiger partial charge < -0.3 is 26.0 Å². The molecule has 0 bridgehead atoms. The number of aromatic nitrogens is 4. The molecule has 0 aliphatic heterocycles. The van der Waals surface area contributed by atoms with Crippen molar-refractivity contribution in [1.82, 2.24) is 19.5 Å². The first-order chi connectivity index (χ1) is 13.3. The summed E-state index contributed by atoms with van der Waals surface area (Å²) >= 11 is 0. The number of nitrogens with two attached hydrogens (primary N) is 1. The zero-order valence-corrected chi connectivity index (χ0v) is 16.9. The van der Waals surface area contributed by atoms with Gasteiger partial charge in [0.25, 0.3) is 0 Å². The minimum absolute atomic E-state index is 0.180. The van der Waals surface area contributed by atoms with Gasteiger partial charge in [0.1, 0.15) is 0 Å². The molecule has 0 amide bonds. The number of rotatable bonds is 8. The molecule has 8 heteroatoms. The molecule has 2 aromatic heterocycles. The average Bonchev–Trinajstić information content (AvgIpc) is 3.07. The highest BCUT2D eigenvalue weighted by Crippen LogP contribution is 2.24. The average molecular weight is 384 g/mol. The fraction of sp³-hybridized carbons (Fsp3) is 0.450. The van der Waals surface area contributed by atoms with Gasteiger partial charge in [0.15, 0.2) is 17.0 Å². The summed E-state index contributed by atoms with van der Waals surface area (Å²) in [5.41, 5.74) is 8.32. The lowest BCUT2D eigenvalue weighted by Crippen LogP contribution is -2.41. The molecule has 5 N–H and O–H groups in total. The summed E-state index contributed by atoms with van der Waals surface area (Å²) in [6, 6.07) is 7.54. The molecule has 2 heterocycles. The smallest absolute Gasteiger partial charge is 0.227 e. The SMILES string of the molecule is CCC(Nc1nc(NCc2ccccc2N)c2ncn(CC)c2n1)C(C)(C)O. The predicted octanol–water partition coefficient (Wildman–Crippen LogP) is 3.00. The molecule has 0 spiro atoms. The van der Waals surface area contributed by atoms with Crippen LogP contribution in [0.15, 0.2) is 30.6 Å². The Kier molecular flexibility index (Phi) is 5.69. The van der Waals surface area contributed by atoms with Gasteiger partial charge in [-0.2, -0.15) is 9.97 Å². The molecule has 3 rings (SSSR count). The Hall–Kier alpha value is -2.87. The fourth-order valence-electron chi connectivity index (χ4n) is 3.17. The molecule has 1 atom stereocenters. The highest BCUT2D eigenvalue weighted by molar-refractivity contribution is 5.84. The van der Waals surface area contributed by atoms with Crippen molar-refractivity contribution >= 4 is 28.6 Å². The molecule has 0 fully saturated rings. The number of fused-ring (bicyclic) bond motifs is 1. The van der Waals surface area contributed by atoms with E-state index in [1.165, 1.54) is 0 Å². The lowest BCUT2D eigenvalue weighted by atomic mass is 9.97. The van der Waals surface area contributed by atoms with Crippen LogP contribution in [0.1, 0.15) is 39.7 Å². The third-order valence-electron chi connectivity index (χ3n) is 4.87. The van der Waals surface area contributed by atoms with Crippen molar-refractivity contribution < 1.29 is 5.11 Å². The van der Waals surface area contributed by atoms with Crippen molar-refractivity contribution in [3.63, 3.8) is 0 Å². The third-order valence-corrected chi connectivity index (χ3v) is 4.87. The summed E-state index contributed by atoms with van der Waals surface area (Å²) in [6.07, 6.45) is 2.50. The number of hydrogen-bond acceptors (Lipinski definition) is 7. The standard InChI is InChI=1S/C20H29N7O/c1-5-15(20(3,4)28)24-19-25-17(16-18(26-19)27(6-2)12-23-16)22-11-13-9-7-8-10-14(13)21/h7-10,12,15,28H,5-6,11,21H2,1-4H3,(H2,22,24,25,26). The molecule has 0 radical (unpaired) electrons. The van der Waals surface area contributed by atoms with E-state index in [4.69, 9.17) is 5.73 Å². The third kappa shape index (κ3) is 4.17. The number of nitrogens with one attached hydrogen (secondary N) is 2. The summed E-state index contributed by atoms with van der Waals surface area (Å²) in [7, 11) is 0. The summed E-state index contributed by atoms with van der Waals surface area (Å²) in [4.78, 5) is 13.8. The highest BCUT2D eigenvalue weighted by atomic mass is 16.3. The predicted molar refractivity (Wildman–Crippen MR) is 113 cm³/mol. The summed E-state index contributed by atoms with van der Waals surface area (Å²) in [5, 5.41) is 17.0. The molecule has 0 saturated carbocycles. The van der Waals surface area contributed by atoms with Gasteiger partial charge in [0.2, 0.25) is 5.95 Å². The van der Waals surface area contributed by atoms with E-state index in [9.17, 15) is 5.11 Å². The number of nitrogens with zero attached hydrogens (tertiary/aromatic N) is 4. The van der Waals surface area contributed by atoms with E-state index in [1.54, 1.807) is 20.2 Å². The van der Waals surface area contributed by atoms with Crippen molar-refractivity contribution in [3.05, 3.63) is 36.2 Å². The topological polar surface area (TPSA) is 114 Å². The van der Waals surface area contributed by atoms with E-state index in [2.05, 4.69) is 25.6 Å². The molecule has 150 valence electrons. The van der Waals surface area contributed by atoms with Crippen LogP contribution in [0.2, 0.25) is 0 Å². The van der Waals surface area contributed by atoms with E-state index in [0.717, 1.165) is 29.9 Å². The van der Waals surface area contributed by atoms with E-state index < -0.39 is 5.60 Å². The Morgan fingerprint density at radius 3 is 2.61 bits per heavy atom. The normalized spacial score (nSPS) is 12.9. The van der Waals surface area contributed by atoms with Gasteiger partial charge in [0.05, 0.1) is 18.0 Å². The van der Waals surface area contributed by atoms with Crippen molar-refractivity contribution in [1.29, 1.82) is 0 Å².